The Morgan fingerprint density at radius 1 is 1.03 bits per heavy atom. The van der Waals surface area contributed by atoms with E-state index in [0.717, 1.165) is 5.56 Å². The van der Waals surface area contributed by atoms with Crippen molar-refractivity contribution in [2.45, 2.75) is 23.3 Å². The predicted octanol–water partition coefficient (Wildman–Crippen LogP) is 2.70. The van der Waals surface area contributed by atoms with Crippen LogP contribution in [0.5, 0.6) is 0 Å². The van der Waals surface area contributed by atoms with Crippen LogP contribution in [-0.4, -0.2) is 31.8 Å². The molecule has 0 aliphatic heterocycles. The number of hydrogen-bond acceptors (Lipinski definition) is 6. The summed E-state index contributed by atoms with van der Waals surface area (Å²) in [6, 6.07) is 15.7. The molecule has 3 rings (SSSR count). The predicted molar refractivity (Wildman–Crippen MR) is 124 cm³/mol. The van der Waals surface area contributed by atoms with Crippen LogP contribution in [0.2, 0.25) is 0 Å². The first-order valence-corrected chi connectivity index (χ1v) is 11.5. The summed E-state index contributed by atoms with van der Waals surface area (Å²) in [6.07, 6.45) is 4.95. The molecule has 168 valence electrons. The highest BCUT2D eigenvalue weighted by molar-refractivity contribution is 7.91. The van der Waals surface area contributed by atoms with E-state index in [0.29, 0.717) is 18.8 Å². The molecule has 33 heavy (non-hydrogen) atoms. The zero-order valence-corrected chi connectivity index (χ0v) is 18.6. The molecule has 0 aliphatic carbocycles. The highest BCUT2D eigenvalue weighted by Crippen LogP contribution is 2.22. The molecular weight excluding hydrogens is 440 g/mol. The summed E-state index contributed by atoms with van der Waals surface area (Å²) < 4.78 is 26.0. The summed E-state index contributed by atoms with van der Waals surface area (Å²) in [7, 11) is -3.79. The van der Waals surface area contributed by atoms with E-state index in [9.17, 15) is 13.2 Å². The molecule has 0 unspecified atom stereocenters. The number of pyridine rings is 1. The molecule has 0 spiro atoms. The molecule has 1 heterocycles. The maximum Gasteiger partial charge on any atom is 0.251 e. The van der Waals surface area contributed by atoms with E-state index in [1.54, 1.807) is 61.9 Å². The number of aliphatic imine (C=N–C) groups is 1. The van der Waals surface area contributed by atoms with Crippen LogP contribution >= 0.6 is 0 Å². The highest BCUT2D eigenvalue weighted by Gasteiger charge is 2.19. The minimum Gasteiger partial charge on any atom is -0.352 e. The van der Waals surface area contributed by atoms with Crippen LogP contribution in [0, 0.1) is 11.5 Å². The quantitative estimate of drug-likeness (QED) is 0.279. The molecular formula is C23H22N6O3S. The van der Waals surface area contributed by atoms with Gasteiger partial charge in [0.15, 0.2) is 0 Å². The van der Waals surface area contributed by atoms with Gasteiger partial charge in [-0.25, -0.2) is 8.42 Å². The third-order valence-corrected chi connectivity index (χ3v) is 6.31. The fourth-order valence-corrected chi connectivity index (χ4v) is 4.22. The third-order valence-electron chi connectivity index (χ3n) is 4.54. The SMILES string of the molecule is CCNC(=O)c1cccc(S(=O)(=O)c2ccc(CNC(=NC#N)Nc3ccncc3)cc2)c1. The lowest BCUT2D eigenvalue weighted by Crippen LogP contribution is -2.30. The normalized spacial score (nSPS) is 11.3. The minimum absolute atomic E-state index is 0.0436. The van der Waals surface area contributed by atoms with Crippen LogP contribution < -0.4 is 16.0 Å². The molecule has 3 N–H and O–H groups in total. The second kappa shape index (κ2) is 10.9. The molecule has 10 heteroatoms. The van der Waals surface area contributed by atoms with Crippen LogP contribution in [0.1, 0.15) is 22.8 Å². The third kappa shape index (κ3) is 6.15. The molecule has 3 aromatic rings. The number of carbonyl (C=O) groups is 1. The number of anilines is 1. The number of nitrogens with one attached hydrogen (secondary N) is 3. The summed E-state index contributed by atoms with van der Waals surface area (Å²) in [5.74, 6) is -0.0752. The topological polar surface area (TPSA) is 136 Å². The average Bonchev–Trinajstić information content (AvgIpc) is 2.84. The van der Waals surface area contributed by atoms with Crippen molar-refractivity contribution in [3.63, 3.8) is 0 Å². The number of nitriles is 1. The molecule has 0 saturated heterocycles. The van der Waals surface area contributed by atoms with E-state index >= 15 is 0 Å². The Bertz CT molecular complexity index is 1280. The fourth-order valence-electron chi connectivity index (χ4n) is 2.91. The number of aromatic nitrogens is 1. The van der Waals surface area contributed by atoms with Crippen LogP contribution in [0.4, 0.5) is 5.69 Å². The first-order valence-electron chi connectivity index (χ1n) is 10.0. The molecule has 0 atom stereocenters. The van der Waals surface area contributed by atoms with Gasteiger partial charge in [0.1, 0.15) is 0 Å². The number of nitrogens with zero attached hydrogens (tertiary/aromatic N) is 3. The molecule has 0 fully saturated rings. The van der Waals surface area contributed by atoms with Gasteiger partial charge in [0.05, 0.1) is 9.79 Å². The van der Waals surface area contributed by atoms with Gasteiger partial charge in [-0.05, 0) is 55.0 Å². The van der Waals surface area contributed by atoms with Crippen molar-refractivity contribution >= 4 is 27.4 Å². The number of sulfone groups is 1. The second-order valence-corrected chi connectivity index (χ2v) is 8.76. The molecule has 9 nitrogen and oxygen atoms in total. The van der Waals surface area contributed by atoms with Crippen molar-refractivity contribution < 1.29 is 13.2 Å². The van der Waals surface area contributed by atoms with Gasteiger partial charge in [-0.3, -0.25) is 9.78 Å². The second-order valence-electron chi connectivity index (χ2n) is 6.81. The fraction of sp³-hybridized carbons (Fsp3) is 0.130. The van der Waals surface area contributed by atoms with Gasteiger partial charge in [0, 0.05) is 36.7 Å². The zero-order chi connectivity index (χ0) is 23.7. The Labute approximate surface area is 192 Å². The standard InChI is InChI=1S/C23H22N6O3S/c1-2-26-22(30)18-4-3-5-21(14-18)33(31,32)20-8-6-17(7-9-20)15-27-23(28-16-24)29-19-10-12-25-13-11-19/h3-14H,2,15H2,1H3,(H,26,30)(H2,25,27,28,29). The molecule has 0 radical (unpaired) electrons. The maximum absolute atomic E-state index is 13.0. The molecule has 0 bridgehead atoms. The lowest BCUT2D eigenvalue weighted by atomic mass is 10.2. The molecule has 1 aromatic heterocycles. The van der Waals surface area contributed by atoms with Crippen molar-refractivity contribution in [2.24, 2.45) is 4.99 Å². The van der Waals surface area contributed by atoms with E-state index < -0.39 is 9.84 Å². The van der Waals surface area contributed by atoms with Crippen molar-refractivity contribution in [1.29, 1.82) is 5.26 Å². The number of guanidine groups is 1. The summed E-state index contributed by atoms with van der Waals surface area (Å²) in [5.41, 5.74) is 1.78. The van der Waals surface area contributed by atoms with E-state index in [2.05, 4.69) is 25.9 Å². The van der Waals surface area contributed by atoms with Crippen LogP contribution in [0.3, 0.4) is 0 Å². The van der Waals surface area contributed by atoms with Crippen molar-refractivity contribution in [1.82, 2.24) is 15.6 Å². The molecule has 2 aromatic carbocycles. The molecule has 0 aliphatic rings. The lowest BCUT2D eigenvalue weighted by Gasteiger charge is -2.11. The van der Waals surface area contributed by atoms with Gasteiger partial charge < -0.3 is 16.0 Å². The minimum atomic E-state index is -3.79. The Morgan fingerprint density at radius 2 is 1.76 bits per heavy atom. The van der Waals surface area contributed by atoms with Crippen LogP contribution in [0.15, 0.2) is 87.8 Å². The number of amides is 1. The van der Waals surface area contributed by atoms with Crippen molar-refractivity contribution in [2.75, 3.05) is 11.9 Å². The van der Waals surface area contributed by atoms with Crippen molar-refractivity contribution in [3.8, 4) is 6.19 Å². The van der Waals surface area contributed by atoms with Gasteiger partial charge >= 0.3 is 0 Å². The van der Waals surface area contributed by atoms with E-state index in [4.69, 9.17) is 5.26 Å². The van der Waals surface area contributed by atoms with Crippen molar-refractivity contribution in [3.05, 3.63) is 84.2 Å². The van der Waals surface area contributed by atoms with E-state index in [-0.39, 0.29) is 27.2 Å². The molecule has 1 amide bonds. The first kappa shape index (κ1) is 23.4. The zero-order valence-electron chi connectivity index (χ0n) is 17.8. The van der Waals surface area contributed by atoms with Crippen LogP contribution in [-0.2, 0) is 16.4 Å². The van der Waals surface area contributed by atoms with Gasteiger partial charge in [-0.1, -0.05) is 18.2 Å². The van der Waals surface area contributed by atoms with Gasteiger partial charge in [-0.15, -0.1) is 4.99 Å². The number of carbonyl (C=O) groups excluding carboxylic acids is 1. The average molecular weight is 463 g/mol. The summed E-state index contributed by atoms with van der Waals surface area (Å²) in [6.45, 7) is 2.55. The molecule has 0 saturated carbocycles. The first-order chi connectivity index (χ1) is 15.9. The summed E-state index contributed by atoms with van der Waals surface area (Å²) >= 11 is 0. The Balaban J connectivity index is 1.71. The Kier molecular flexibility index (Phi) is 7.73. The summed E-state index contributed by atoms with van der Waals surface area (Å²) in [5, 5.41) is 17.6. The Hall–Kier alpha value is -4.23. The lowest BCUT2D eigenvalue weighted by molar-refractivity contribution is 0.0955. The number of hydrogen-bond donors (Lipinski definition) is 3. The smallest absolute Gasteiger partial charge is 0.251 e. The monoisotopic (exact) mass is 462 g/mol. The van der Waals surface area contributed by atoms with Crippen LogP contribution in [0.25, 0.3) is 0 Å². The number of benzene rings is 2. The van der Waals surface area contributed by atoms with Gasteiger partial charge in [0.25, 0.3) is 5.91 Å². The summed E-state index contributed by atoms with van der Waals surface area (Å²) in [4.78, 5) is 19.8. The number of rotatable bonds is 7. The maximum atomic E-state index is 13.0. The van der Waals surface area contributed by atoms with Gasteiger partial charge in [-0.2, -0.15) is 5.26 Å². The van der Waals surface area contributed by atoms with E-state index in [1.807, 2.05) is 0 Å². The largest absolute Gasteiger partial charge is 0.352 e. The highest BCUT2D eigenvalue weighted by atomic mass is 32.2. The van der Waals surface area contributed by atoms with Gasteiger partial charge in [0.2, 0.25) is 22.0 Å². The Morgan fingerprint density at radius 3 is 2.42 bits per heavy atom. The van der Waals surface area contributed by atoms with E-state index in [1.165, 1.54) is 24.3 Å².